The first kappa shape index (κ1) is 11.2. The molecular weight excluding hydrogens is 154 g/mol. The van der Waals surface area contributed by atoms with Crippen LogP contribution in [0.5, 0.6) is 0 Å². The summed E-state index contributed by atoms with van der Waals surface area (Å²) in [6, 6.07) is 0. The van der Waals surface area contributed by atoms with Gasteiger partial charge < -0.3 is 4.90 Å². The van der Waals surface area contributed by atoms with E-state index in [9.17, 15) is 0 Å². The van der Waals surface area contributed by atoms with Gasteiger partial charge in [-0.25, -0.2) is 0 Å². The Morgan fingerprint density at radius 2 is 1.91 bits per heavy atom. The molecule has 0 radical (unpaired) electrons. The van der Waals surface area contributed by atoms with Crippen LogP contribution in [0.3, 0.4) is 0 Å². The minimum atomic E-state index is 0.407. The van der Waals surface area contributed by atoms with Crippen molar-refractivity contribution in [2.75, 3.05) is 31.6 Å². The zero-order chi connectivity index (χ0) is 8.69. The highest BCUT2D eigenvalue weighted by Crippen LogP contribution is 2.07. The molecule has 1 nitrogen and oxygen atoms in total. The van der Waals surface area contributed by atoms with Gasteiger partial charge in [0.1, 0.15) is 0 Å². The molecular formula is C9H21NS. The van der Waals surface area contributed by atoms with Crippen molar-refractivity contribution in [2.24, 2.45) is 0 Å². The molecule has 0 rings (SSSR count). The maximum atomic E-state index is 4.09. The van der Waals surface area contributed by atoms with Crippen LogP contribution in [0.15, 0.2) is 0 Å². The van der Waals surface area contributed by atoms with Crippen LogP contribution in [0, 0.1) is 0 Å². The van der Waals surface area contributed by atoms with Crippen molar-refractivity contribution in [3.8, 4) is 0 Å². The zero-order valence-corrected chi connectivity index (χ0v) is 8.91. The fraction of sp³-hybridized carbons (Fsp3) is 0.889. The van der Waals surface area contributed by atoms with Crippen molar-refractivity contribution in [3.05, 3.63) is 0 Å². The quantitative estimate of drug-likeness (QED) is 0.559. The molecule has 0 N–H and O–H groups in total. The van der Waals surface area contributed by atoms with E-state index < -0.39 is 0 Å². The van der Waals surface area contributed by atoms with E-state index in [1.54, 1.807) is 0 Å². The predicted octanol–water partition coefficient (Wildman–Crippen LogP) is 2.05. The van der Waals surface area contributed by atoms with Gasteiger partial charge in [0.25, 0.3) is 0 Å². The third-order valence-corrected chi connectivity index (χ3v) is 3.35. The van der Waals surface area contributed by atoms with Crippen molar-refractivity contribution in [2.45, 2.75) is 20.3 Å². The molecule has 68 valence electrons. The van der Waals surface area contributed by atoms with Crippen molar-refractivity contribution in [3.63, 3.8) is 0 Å². The summed E-state index contributed by atoms with van der Waals surface area (Å²) in [5.41, 5.74) is 0. The second-order valence-corrected chi connectivity index (χ2v) is 5.12. The average molecular weight is 175 g/mol. The molecule has 0 saturated heterocycles. The fourth-order valence-corrected chi connectivity index (χ4v) is 1.78. The van der Waals surface area contributed by atoms with E-state index in [1.165, 1.54) is 31.0 Å². The van der Waals surface area contributed by atoms with Crippen LogP contribution in [0.25, 0.3) is 0 Å². The summed E-state index contributed by atoms with van der Waals surface area (Å²) in [4.78, 5) is 2.39. The largest absolute Gasteiger partial charge is 0.306 e. The van der Waals surface area contributed by atoms with E-state index in [0.717, 1.165) is 0 Å². The lowest BCUT2D eigenvalue weighted by atomic mass is 10.4. The lowest BCUT2D eigenvalue weighted by Gasteiger charge is -2.15. The van der Waals surface area contributed by atoms with Gasteiger partial charge >= 0.3 is 0 Å². The third-order valence-electron chi connectivity index (χ3n) is 1.78. The smallest absolute Gasteiger partial charge is 0.00646 e. The van der Waals surface area contributed by atoms with Crippen LogP contribution >= 0.6 is 10.5 Å². The summed E-state index contributed by atoms with van der Waals surface area (Å²) < 4.78 is 0. The summed E-state index contributed by atoms with van der Waals surface area (Å²) in [7, 11) is 2.60. The number of hydrogen-bond donors (Lipinski definition) is 0. The molecule has 0 aromatic heterocycles. The molecule has 0 aliphatic carbocycles. The Morgan fingerprint density at radius 1 is 1.27 bits per heavy atom. The minimum Gasteiger partial charge on any atom is -0.306 e. The highest BCUT2D eigenvalue weighted by Gasteiger charge is 1.95. The number of nitrogens with zero attached hydrogens (tertiary/aromatic N) is 1. The molecule has 0 aliphatic heterocycles. The zero-order valence-electron chi connectivity index (χ0n) is 8.10. The molecule has 0 heterocycles. The number of rotatable bonds is 6. The summed E-state index contributed by atoms with van der Waals surface area (Å²) in [6.45, 7) is 6.88. The molecule has 0 fully saturated rings. The predicted molar refractivity (Wildman–Crippen MR) is 57.9 cm³/mol. The van der Waals surface area contributed by atoms with E-state index in [4.69, 9.17) is 0 Å². The summed E-state index contributed by atoms with van der Waals surface area (Å²) in [5.74, 6) is 6.60. The van der Waals surface area contributed by atoms with Crippen LogP contribution in [-0.2, 0) is 0 Å². The third kappa shape index (κ3) is 6.57. The van der Waals surface area contributed by atoms with Crippen molar-refractivity contribution >= 4 is 16.4 Å². The Labute approximate surface area is 73.7 Å². The highest BCUT2D eigenvalue weighted by molar-refractivity contribution is 8.14. The van der Waals surface area contributed by atoms with Gasteiger partial charge in [0.15, 0.2) is 0 Å². The minimum absolute atomic E-state index is 0.407. The Bertz CT molecular complexity index is 112. The maximum Gasteiger partial charge on any atom is 0.00646 e. The van der Waals surface area contributed by atoms with E-state index in [0.29, 0.717) is 10.5 Å². The normalized spacial score (nSPS) is 13.8. The Hall–Kier alpha value is 0.180. The molecule has 0 saturated carbocycles. The lowest BCUT2D eigenvalue weighted by Crippen LogP contribution is -2.22. The molecule has 0 amide bonds. The fourth-order valence-electron chi connectivity index (χ4n) is 0.923. The van der Waals surface area contributed by atoms with E-state index in [2.05, 4.69) is 31.7 Å². The second-order valence-electron chi connectivity index (χ2n) is 2.91. The van der Waals surface area contributed by atoms with Crippen molar-refractivity contribution in [1.29, 1.82) is 0 Å². The SMILES string of the molecule is C=S(CC)CCN(C)CCC. The molecule has 0 bridgehead atoms. The van der Waals surface area contributed by atoms with E-state index in [-0.39, 0.29) is 0 Å². The first-order valence-corrected chi connectivity index (χ1v) is 6.09. The Morgan fingerprint density at radius 3 is 2.36 bits per heavy atom. The molecule has 0 aromatic rings. The average Bonchev–Trinajstić information content (AvgIpc) is 2.01. The number of hydrogen-bond acceptors (Lipinski definition) is 1. The first-order chi connectivity index (χ1) is 5.20. The summed E-state index contributed by atoms with van der Waals surface area (Å²) >= 11 is 0. The van der Waals surface area contributed by atoms with Crippen LogP contribution in [-0.4, -0.2) is 42.4 Å². The molecule has 0 spiro atoms. The van der Waals surface area contributed by atoms with Crippen molar-refractivity contribution in [1.82, 2.24) is 4.90 Å². The topological polar surface area (TPSA) is 3.24 Å². The standard InChI is InChI=1S/C9H21NS/c1-5-7-10(3)8-9-11(4)6-2/h4-9H2,1-3H3. The lowest BCUT2D eigenvalue weighted by molar-refractivity contribution is 0.356. The molecule has 1 unspecified atom stereocenters. The van der Waals surface area contributed by atoms with Gasteiger partial charge in [-0.2, -0.15) is 10.5 Å². The second kappa shape index (κ2) is 6.86. The summed E-state index contributed by atoms with van der Waals surface area (Å²) in [5, 5.41) is 0. The van der Waals surface area contributed by atoms with Crippen molar-refractivity contribution < 1.29 is 0 Å². The van der Waals surface area contributed by atoms with Crippen LogP contribution < -0.4 is 0 Å². The molecule has 2 heteroatoms. The summed E-state index contributed by atoms with van der Waals surface area (Å²) in [6.07, 6.45) is 1.26. The van der Waals surface area contributed by atoms with Gasteiger partial charge in [0.2, 0.25) is 0 Å². The Balaban J connectivity index is 3.29. The first-order valence-electron chi connectivity index (χ1n) is 4.36. The van der Waals surface area contributed by atoms with Gasteiger partial charge in [0.05, 0.1) is 0 Å². The Kier molecular flexibility index (Phi) is 6.98. The van der Waals surface area contributed by atoms with E-state index in [1.807, 2.05) is 0 Å². The van der Waals surface area contributed by atoms with Gasteiger partial charge in [-0.05, 0) is 25.8 Å². The molecule has 1 atom stereocenters. The van der Waals surface area contributed by atoms with Gasteiger partial charge in [-0.3, -0.25) is 0 Å². The molecule has 11 heavy (non-hydrogen) atoms. The van der Waals surface area contributed by atoms with E-state index >= 15 is 0 Å². The van der Waals surface area contributed by atoms with Gasteiger partial charge in [-0.15, -0.1) is 0 Å². The molecule has 0 aliphatic rings. The van der Waals surface area contributed by atoms with Gasteiger partial charge in [0, 0.05) is 12.3 Å². The van der Waals surface area contributed by atoms with Gasteiger partial charge in [-0.1, -0.05) is 19.7 Å². The van der Waals surface area contributed by atoms with Crippen LogP contribution in [0.4, 0.5) is 0 Å². The van der Waals surface area contributed by atoms with Crippen LogP contribution in [0.1, 0.15) is 20.3 Å². The maximum absolute atomic E-state index is 4.09. The van der Waals surface area contributed by atoms with Crippen LogP contribution in [0.2, 0.25) is 0 Å². The highest BCUT2D eigenvalue weighted by atomic mass is 32.2. The monoisotopic (exact) mass is 175 g/mol. The molecule has 0 aromatic carbocycles.